The number of methoxy groups -OCH3 is 1. The summed E-state index contributed by atoms with van der Waals surface area (Å²) in [6.45, 7) is 5.22. The number of nitrogens with zero attached hydrogens (tertiary/aromatic N) is 1. The molecule has 6 rings (SSSR count). The number of ether oxygens (including phenoxy) is 2. The van der Waals surface area contributed by atoms with Gasteiger partial charge in [0, 0.05) is 48.6 Å². The second kappa shape index (κ2) is 11.9. The highest BCUT2D eigenvalue weighted by Gasteiger charge is 2.51. The summed E-state index contributed by atoms with van der Waals surface area (Å²) in [5.74, 6) is -0.0769. The van der Waals surface area contributed by atoms with Crippen LogP contribution in [0.4, 0.5) is 9.18 Å². The van der Waals surface area contributed by atoms with Crippen LogP contribution in [0, 0.1) is 17.7 Å². The van der Waals surface area contributed by atoms with Crippen molar-refractivity contribution < 1.29 is 28.2 Å². The number of nitrogens with one attached hydrogen (secondary N) is 3. The fourth-order valence-electron chi connectivity index (χ4n) is 8.19. The van der Waals surface area contributed by atoms with E-state index in [0.29, 0.717) is 37.8 Å². The van der Waals surface area contributed by atoms with Gasteiger partial charge >= 0.3 is 12.1 Å². The van der Waals surface area contributed by atoms with Gasteiger partial charge in [-0.25, -0.2) is 14.0 Å². The van der Waals surface area contributed by atoms with Crippen molar-refractivity contribution in [2.24, 2.45) is 11.8 Å². The number of amides is 2. The molecule has 10 heteroatoms. The van der Waals surface area contributed by atoms with Gasteiger partial charge in [0.05, 0.1) is 13.7 Å². The number of alkyl carbamates (subject to hydrolysis) is 1. The first kappa shape index (κ1) is 30.1. The highest BCUT2D eigenvalue weighted by molar-refractivity contribution is 5.86. The average molecular weight is 605 g/mol. The van der Waals surface area contributed by atoms with Crippen molar-refractivity contribution in [1.29, 1.82) is 0 Å². The number of aromatic amines is 1. The summed E-state index contributed by atoms with van der Waals surface area (Å²) >= 11 is 0. The number of fused-ring (bicyclic) bond motifs is 4. The maximum absolute atomic E-state index is 13.7. The summed E-state index contributed by atoms with van der Waals surface area (Å²) in [5, 5.41) is 7.35. The van der Waals surface area contributed by atoms with Gasteiger partial charge in [0.1, 0.15) is 17.5 Å². The van der Waals surface area contributed by atoms with Crippen molar-refractivity contribution in [3.05, 3.63) is 71.2 Å². The first-order chi connectivity index (χ1) is 21.0. The van der Waals surface area contributed by atoms with Crippen LogP contribution in [0.15, 0.2) is 48.7 Å². The number of H-pyrrole nitrogens is 1. The second-order valence-corrected chi connectivity index (χ2v) is 13.4. The number of esters is 1. The highest BCUT2D eigenvalue weighted by atomic mass is 19.1. The number of halogens is 1. The van der Waals surface area contributed by atoms with Gasteiger partial charge in [0.15, 0.2) is 0 Å². The van der Waals surface area contributed by atoms with E-state index in [9.17, 15) is 18.8 Å². The minimum absolute atomic E-state index is 0.0325. The van der Waals surface area contributed by atoms with E-state index in [0.717, 1.165) is 46.9 Å². The van der Waals surface area contributed by atoms with Gasteiger partial charge < -0.3 is 30.0 Å². The Hall–Kier alpha value is -3.92. The first-order valence-corrected chi connectivity index (χ1v) is 15.5. The predicted molar refractivity (Wildman–Crippen MR) is 163 cm³/mol. The van der Waals surface area contributed by atoms with Gasteiger partial charge in [0.25, 0.3) is 0 Å². The number of aromatic nitrogens is 1. The molecule has 0 spiro atoms. The maximum atomic E-state index is 13.7. The summed E-state index contributed by atoms with van der Waals surface area (Å²) in [5.41, 5.74) is 2.51. The average Bonchev–Trinajstić information content (AvgIpc) is 3.58. The third kappa shape index (κ3) is 6.31. The summed E-state index contributed by atoms with van der Waals surface area (Å²) in [7, 11) is 1.30. The number of benzene rings is 2. The topological polar surface area (TPSA) is 113 Å². The monoisotopic (exact) mass is 604 g/mol. The van der Waals surface area contributed by atoms with E-state index >= 15 is 0 Å². The van der Waals surface area contributed by atoms with Gasteiger partial charge in [-0.3, -0.25) is 4.79 Å². The van der Waals surface area contributed by atoms with E-state index in [1.54, 1.807) is 11.0 Å². The fraction of sp³-hybridized carbons (Fsp3) is 0.500. The van der Waals surface area contributed by atoms with E-state index in [2.05, 4.69) is 22.5 Å². The van der Waals surface area contributed by atoms with Crippen molar-refractivity contribution in [1.82, 2.24) is 20.5 Å². The van der Waals surface area contributed by atoms with Crippen molar-refractivity contribution in [2.75, 3.05) is 13.7 Å². The molecule has 2 bridgehead atoms. The van der Waals surface area contributed by atoms with Gasteiger partial charge in [-0.15, -0.1) is 0 Å². The Morgan fingerprint density at radius 2 is 1.91 bits per heavy atom. The third-order valence-corrected chi connectivity index (χ3v) is 9.66. The Kier molecular flexibility index (Phi) is 8.13. The number of rotatable bonds is 8. The van der Waals surface area contributed by atoms with E-state index in [1.807, 2.05) is 37.4 Å². The molecular formula is C34H41FN4O5. The van der Waals surface area contributed by atoms with Crippen molar-refractivity contribution >= 4 is 28.9 Å². The van der Waals surface area contributed by atoms with Gasteiger partial charge in [-0.05, 0) is 79.3 Å². The molecule has 44 heavy (non-hydrogen) atoms. The number of para-hydroxylation sites is 1. The number of carbonyl (C=O) groups excluding carboxylic acids is 3. The second-order valence-electron chi connectivity index (χ2n) is 13.4. The smallest absolute Gasteiger partial charge is 0.408 e. The molecular weight excluding hydrogens is 563 g/mol. The number of hydrogen-bond acceptors (Lipinski definition) is 6. The zero-order valence-electron chi connectivity index (χ0n) is 25.6. The molecule has 234 valence electrons. The lowest BCUT2D eigenvalue weighted by atomic mass is 9.59. The zero-order chi connectivity index (χ0) is 31.1. The maximum Gasteiger partial charge on any atom is 0.408 e. The molecule has 3 N–H and O–H groups in total. The molecule has 5 unspecified atom stereocenters. The first-order valence-electron chi connectivity index (χ1n) is 15.5. The van der Waals surface area contributed by atoms with E-state index < -0.39 is 23.7 Å². The molecule has 3 aromatic rings. The van der Waals surface area contributed by atoms with Crippen LogP contribution in [0.1, 0.15) is 62.6 Å². The van der Waals surface area contributed by atoms with Crippen molar-refractivity contribution in [2.45, 2.75) is 82.6 Å². The van der Waals surface area contributed by atoms with Gasteiger partial charge in [-0.2, -0.15) is 0 Å². The largest absolute Gasteiger partial charge is 0.467 e. The van der Waals surface area contributed by atoms with E-state index in [-0.39, 0.29) is 30.2 Å². The molecule has 0 saturated heterocycles. The summed E-state index contributed by atoms with van der Waals surface area (Å²) in [6, 6.07) is 11.6. The Balaban J connectivity index is 1.11. The summed E-state index contributed by atoms with van der Waals surface area (Å²) in [4.78, 5) is 44.3. The van der Waals surface area contributed by atoms with Gasteiger partial charge in [0.2, 0.25) is 5.91 Å². The Morgan fingerprint density at radius 1 is 1.11 bits per heavy atom. The Labute approximate surface area is 256 Å². The molecule has 2 fully saturated rings. The lowest BCUT2D eigenvalue weighted by molar-refractivity contribution is -0.143. The molecule has 0 radical (unpaired) electrons. The lowest BCUT2D eigenvalue weighted by Gasteiger charge is -2.54. The molecule has 2 heterocycles. The van der Waals surface area contributed by atoms with Crippen molar-refractivity contribution in [3.8, 4) is 0 Å². The van der Waals surface area contributed by atoms with Crippen LogP contribution in [0.5, 0.6) is 0 Å². The molecule has 2 aliphatic carbocycles. The summed E-state index contributed by atoms with van der Waals surface area (Å²) < 4.78 is 24.9. The van der Waals surface area contributed by atoms with Crippen LogP contribution < -0.4 is 10.6 Å². The standard InChI is InChI=1S/C34H41FN4O5/c1-21-10-22-14-33(2,44-32(42)38-29(31(41)43-3)12-24-16-36-28-7-5-4-6-27(24)28)20-34(13-21,15-22)37-17-30(40)39-18-23-8-9-26(35)11-25(23)19-39/h4-9,11,16,21-22,29,36-37H,10,12-15,17-20H2,1-3H3,(H,38,42). The molecule has 1 aromatic heterocycles. The SMILES string of the molecule is COC(=O)C(Cc1c[nH]c2ccccc12)NC(=O)OC1(C)CC2CC(C)CC(NCC(=O)N3Cc4ccc(F)cc4C3)(C2)C1. The quantitative estimate of drug-likeness (QED) is 0.313. The summed E-state index contributed by atoms with van der Waals surface area (Å²) in [6.07, 6.45) is 5.49. The minimum atomic E-state index is -0.916. The fourth-order valence-corrected chi connectivity index (χ4v) is 8.19. The van der Waals surface area contributed by atoms with Crippen LogP contribution >= 0.6 is 0 Å². The van der Waals surface area contributed by atoms with Crippen LogP contribution in [0.3, 0.4) is 0 Å². The van der Waals surface area contributed by atoms with Crippen LogP contribution in [-0.4, -0.2) is 58.7 Å². The van der Waals surface area contributed by atoms with Gasteiger partial charge in [-0.1, -0.05) is 31.2 Å². The van der Waals surface area contributed by atoms with E-state index in [1.165, 1.54) is 19.2 Å². The molecule has 5 atom stereocenters. The zero-order valence-corrected chi connectivity index (χ0v) is 25.6. The number of carbonyl (C=O) groups is 3. The van der Waals surface area contributed by atoms with Crippen molar-refractivity contribution in [3.63, 3.8) is 0 Å². The van der Waals surface area contributed by atoms with Crippen LogP contribution in [0.2, 0.25) is 0 Å². The normalized spacial score (nSPS) is 26.6. The number of hydrogen-bond donors (Lipinski definition) is 3. The molecule has 3 aliphatic rings. The molecule has 2 aromatic carbocycles. The van der Waals surface area contributed by atoms with Crippen LogP contribution in [-0.2, 0) is 38.6 Å². The predicted octanol–water partition coefficient (Wildman–Crippen LogP) is 4.98. The molecule has 2 amide bonds. The lowest BCUT2D eigenvalue weighted by Crippen LogP contribution is -2.61. The Morgan fingerprint density at radius 3 is 2.73 bits per heavy atom. The highest BCUT2D eigenvalue weighted by Crippen LogP contribution is 2.50. The van der Waals surface area contributed by atoms with E-state index in [4.69, 9.17) is 9.47 Å². The molecule has 9 nitrogen and oxygen atoms in total. The Bertz CT molecular complexity index is 1570. The van der Waals surface area contributed by atoms with Crippen LogP contribution in [0.25, 0.3) is 10.9 Å². The minimum Gasteiger partial charge on any atom is -0.467 e. The molecule has 2 saturated carbocycles. The molecule has 1 aliphatic heterocycles. The third-order valence-electron chi connectivity index (χ3n) is 9.66.